The van der Waals surface area contributed by atoms with Crippen LogP contribution in [0.3, 0.4) is 0 Å². The van der Waals surface area contributed by atoms with Crippen LogP contribution in [0.4, 0.5) is 5.69 Å². The standard InChI is InChI=1S/C18H22N2O5S/c1-20(26(4,22)23)17(13-8-6-5-7-9-13)18(21)19-14-10-11-15(24-2)16(12-14)25-3/h5-12,17H,1-4H3,(H,19,21)/t17-/m0/s1. The van der Waals surface area contributed by atoms with Crippen LogP contribution in [0.15, 0.2) is 48.5 Å². The Morgan fingerprint density at radius 3 is 2.19 bits per heavy atom. The highest BCUT2D eigenvalue weighted by Gasteiger charge is 2.30. The molecule has 0 unspecified atom stereocenters. The molecule has 140 valence electrons. The lowest BCUT2D eigenvalue weighted by molar-refractivity contribution is -0.119. The Hall–Kier alpha value is -2.58. The van der Waals surface area contributed by atoms with E-state index in [-0.39, 0.29) is 0 Å². The Kier molecular flexibility index (Phi) is 6.23. The minimum Gasteiger partial charge on any atom is -0.493 e. The fourth-order valence-electron chi connectivity index (χ4n) is 2.48. The number of ether oxygens (including phenoxy) is 2. The SMILES string of the molecule is COc1ccc(NC(=O)[C@H](c2ccccc2)N(C)S(C)(=O)=O)cc1OC. The third kappa shape index (κ3) is 4.53. The molecular weight excluding hydrogens is 356 g/mol. The van der Waals surface area contributed by atoms with E-state index in [0.29, 0.717) is 22.7 Å². The van der Waals surface area contributed by atoms with Crippen LogP contribution >= 0.6 is 0 Å². The maximum absolute atomic E-state index is 12.9. The number of hydrogen-bond acceptors (Lipinski definition) is 5. The van der Waals surface area contributed by atoms with E-state index in [1.54, 1.807) is 48.5 Å². The van der Waals surface area contributed by atoms with Crippen LogP contribution in [0.2, 0.25) is 0 Å². The zero-order chi connectivity index (χ0) is 19.3. The molecule has 0 saturated carbocycles. The fourth-order valence-corrected chi connectivity index (χ4v) is 3.08. The van der Waals surface area contributed by atoms with Gasteiger partial charge in [0.25, 0.3) is 0 Å². The zero-order valence-corrected chi connectivity index (χ0v) is 15.9. The van der Waals surface area contributed by atoms with Gasteiger partial charge in [-0.2, -0.15) is 4.31 Å². The zero-order valence-electron chi connectivity index (χ0n) is 15.1. The van der Waals surface area contributed by atoms with Gasteiger partial charge < -0.3 is 14.8 Å². The quantitative estimate of drug-likeness (QED) is 0.799. The minimum absolute atomic E-state index is 0.457. The van der Waals surface area contributed by atoms with E-state index in [4.69, 9.17) is 9.47 Å². The lowest BCUT2D eigenvalue weighted by atomic mass is 10.1. The second-order valence-electron chi connectivity index (χ2n) is 5.65. The Bertz CT molecular complexity index is 868. The normalized spacial score (nSPS) is 12.5. The van der Waals surface area contributed by atoms with Gasteiger partial charge in [0.2, 0.25) is 15.9 Å². The van der Waals surface area contributed by atoms with E-state index < -0.39 is 22.0 Å². The number of hydrogen-bond donors (Lipinski definition) is 1. The predicted octanol–water partition coefficient (Wildman–Crippen LogP) is 2.28. The second-order valence-corrected chi connectivity index (χ2v) is 7.69. The minimum atomic E-state index is -3.58. The van der Waals surface area contributed by atoms with Crippen LogP contribution in [0.5, 0.6) is 11.5 Å². The lowest BCUT2D eigenvalue weighted by Gasteiger charge is -2.25. The molecule has 8 heteroatoms. The molecule has 0 radical (unpaired) electrons. The van der Waals surface area contributed by atoms with Gasteiger partial charge in [-0.3, -0.25) is 4.79 Å². The number of methoxy groups -OCH3 is 2. The average molecular weight is 378 g/mol. The summed E-state index contributed by atoms with van der Waals surface area (Å²) in [5.41, 5.74) is 1.04. The molecule has 0 fully saturated rings. The second kappa shape index (κ2) is 8.20. The molecule has 1 atom stereocenters. The molecule has 0 aliphatic rings. The summed E-state index contributed by atoms with van der Waals surface area (Å²) in [6.07, 6.45) is 1.06. The highest BCUT2D eigenvalue weighted by Crippen LogP contribution is 2.31. The van der Waals surface area contributed by atoms with Gasteiger partial charge in [0.05, 0.1) is 20.5 Å². The van der Waals surface area contributed by atoms with Crippen LogP contribution in [0.1, 0.15) is 11.6 Å². The summed E-state index contributed by atoms with van der Waals surface area (Å²) in [4.78, 5) is 12.9. The molecule has 2 aromatic rings. The molecule has 2 aromatic carbocycles. The highest BCUT2D eigenvalue weighted by molar-refractivity contribution is 7.88. The van der Waals surface area contributed by atoms with Crippen molar-refractivity contribution in [2.75, 3.05) is 32.8 Å². The number of likely N-dealkylation sites (N-methyl/N-ethyl adjacent to an activating group) is 1. The van der Waals surface area contributed by atoms with E-state index in [9.17, 15) is 13.2 Å². The lowest BCUT2D eigenvalue weighted by Crippen LogP contribution is -2.38. The number of amides is 1. The van der Waals surface area contributed by atoms with Gasteiger partial charge in [0.1, 0.15) is 6.04 Å². The monoisotopic (exact) mass is 378 g/mol. The van der Waals surface area contributed by atoms with Gasteiger partial charge in [-0.05, 0) is 17.7 Å². The molecule has 0 aliphatic heterocycles. The number of rotatable bonds is 7. The van der Waals surface area contributed by atoms with E-state index in [1.165, 1.54) is 21.3 Å². The Morgan fingerprint density at radius 2 is 1.65 bits per heavy atom. The van der Waals surface area contributed by atoms with Crippen molar-refractivity contribution in [2.24, 2.45) is 0 Å². The fraction of sp³-hybridized carbons (Fsp3) is 0.278. The van der Waals surface area contributed by atoms with Gasteiger partial charge in [-0.1, -0.05) is 30.3 Å². The van der Waals surface area contributed by atoms with Crippen molar-refractivity contribution in [1.82, 2.24) is 4.31 Å². The molecular formula is C18H22N2O5S. The molecule has 1 N–H and O–H groups in total. The van der Waals surface area contributed by atoms with Crippen LogP contribution in [-0.2, 0) is 14.8 Å². The number of carbonyl (C=O) groups excluding carboxylic acids is 1. The van der Waals surface area contributed by atoms with E-state index >= 15 is 0 Å². The van der Waals surface area contributed by atoms with Gasteiger partial charge in [0, 0.05) is 18.8 Å². The molecule has 0 spiro atoms. The third-order valence-corrected chi connectivity index (χ3v) is 5.16. The van der Waals surface area contributed by atoms with Gasteiger partial charge in [-0.25, -0.2) is 8.42 Å². The molecule has 26 heavy (non-hydrogen) atoms. The van der Waals surface area contributed by atoms with Crippen LogP contribution in [0.25, 0.3) is 0 Å². The molecule has 7 nitrogen and oxygen atoms in total. The number of carbonyl (C=O) groups is 1. The first-order valence-electron chi connectivity index (χ1n) is 7.78. The van der Waals surface area contributed by atoms with E-state index in [0.717, 1.165) is 10.6 Å². The van der Waals surface area contributed by atoms with Crippen molar-refractivity contribution in [3.8, 4) is 11.5 Å². The Morgan fingerprint density at radius 1 is 1.04 bits per heavy atom. The highest BCUT2D eigenvalue weighted by atomic mass is 32.2. The van der Waals surface area contributed by atoms with Gasteiger partial charge >= 0.3 is 0 Å². The van der Waals surface area contributed by atoms with Crippen molar-refractivity contribution in [3.05, 3.63) is 54.1 Å². The van der Waals surface area contributed by atoms with Crippen molar-refractivity contribution < 1.29 is 22.7 Å². The Balaban J connectivity index is 2.36. The first-order chi connectivity index (χ1) is 12.3. The van der Waals surface area contributed by atoms with E-state index in [1.807, 2.05) is 0 Å². The van der Waals surface area contributed by atoms with Crippen molar-refractivity contribution in [2.45, 2.75) is 6.04 Å². The van der Waals surface area contributed by atoms with Crippen molar-refractivity contribution in [1.29, 1.82) is 0 Å². The molecule has 0 saturated heterocycles. The number of anilines is 1. The van der Waals surface area contributed by atoms with Crippen LogP contribution in [0, 0.1) is 0 Å². The number of sulfonamides is 1. The molecule has 0 aromatic heterocycles. The van der Waals surface area contributed by atoms with Crippen molar-refractivity contribution in [3.63, 3.8) is 0 Å². The number of nitrogens with zero attached hydrogens (tertiary/aromatic N) is 1. The van der Waals surface area contributed by atoms with Crippen LogP contribution in [-0.4, -0.2) is 46.2 Å². The largest absolute Gasteiger partial charge is 0.493 e. The molecule has 0 aliphatic carbocycles. The van der Waals surface area contributed by atoms with Gasteiger partial charge in [-0.15, -0.1) is 0 Å². The van der Waals surface area contributed by atoms with E-state index in [2.05, 4.69) is 5.32 Å². The summed E-state index contributed by atoms with van der Waals surface area (Å²) < 4.78 is 35.4. The predicted molar refractivity (Wildman–Crippen MR) is 100.0 cm³/mol. The summed E-state index contributed by atoms with van der Waals surface area (Å²) in [5.74, 6) is 0.507. The number of nitrogens with one attached hydrogen (secondary N) is 1. The average Bonchev–Trinajstić information content (AvgIpc) is 2.61. The summed E-state index contributed by atoms with van der Waals surface area (Å²) in [6, 6.07) is 12.6. The Labute approximate surface area is 153 Å². The molecule has 1 amide bonds. The maximum Gasteiger partial charge on any atom is 0.247 e. The summed E-state index contributed by atoms with van der Waals surface area (Å²) >= 11 is 0. The summed E-state index contributed by atoms with van der Waals surface area (Å²) in [6.45, 7) is 0. The van der Waals surface area contributed by atoms with Gasteiger partial charge in [0.15, 0.2) is 11.5 Å². The van der Waals surface area contributed by atoms with Crippen LogP contribution < -0.4 is 14.8 Å². The summed E-state index contributed by atoms with van der Waals surface area (Å²) in [5, 5.41) is 2.74. The van der Waals surface area contributed by atoms with Crippen molar-refractivity contribution >= 4 is 21.6 Å². The molecule has 0 bridgehead atoms. The molecule has 0 heterocycles. The third-order valence-electron chi connectivity index (χ3n) is 3.90. The smallest absolute Gasteiger partial charge is 0.247 e. The number of benzene rings is 2. The topological polar surface area (TPSA) is 84.9 Å². The summed E-state index contributed by atoms with van der Waals surface area (Å²) in [7, 11) is 0.803. The maximum atomic E-state index is 12.9. The first kappa shape index (κ1) is 19.7. The molecule has 2 rings (SSSR count). The first-order valence-corrected chi connectivity index (χ1v) is 9.63.